The quantitative estimate of drug-likeness (QED) is 0.571. The number of methoxy groups -OCH3 is 1. The summed E-state index contributed by atoms with van der Waals surface area (Å²) in [4.78, 5) is 14.6. The topological polar surface area (TPSA) is 88.5 Å². The highest BCUT2D eigenvalue weighted by atomic mass is 16.6. The first-order valence-electron chi connectivity index (χ1n) is 9.76. The Balaban J connectivity index is 1.63. The van der Waals surface area contributed by atoms with Crippen molar-refractivity contribution in [3.05, 3.63) is 35.4 Å². The molecular formula is C21H25NO6. The molecule has 1 aromatic rings. The van der Waals surface area contributed by atoms with Gasteiger partial charge in [0, 0.05) is 22.9 Å². The summed E-state index contributed by atoms with van der Waals surface area (Å²) in [7, 11) is 3.79. The lowest BCUT2D eigenvalue weighted by Crippen LogP contribution is -2.65. The minimum Gasteiger partial charge on any atom is -0.493 e. The molecule has 2 aliphatic carbocycles. The van der Waals surface area contributed by atoms with Gasteiger partial charge in [0.1, 0.15) is 6.10 Å². The average Bonchev–Trinajstić information content (AvgIpc) is 3.06. The van der Waals surface area contributed by atoms with Gasteiger partial charge in [-0.05, 0) is 44.1 Å². The minimum absolute atomic E-state index is 0.259. The van der Waals surface area contributed by atoms with Crippen molar-refractivity contribution < 1.29 is 29.2 Å². The maximum absolute atomic E-state index is 12.2. The highest BCUT2D eigenvalue weighted by Crippen LogP contribution is 2.62. The fourth-order valence-corrected chi connectivity index (χ4v) is 5.76. The second-order valence-corrected chi connectivity index (χ2v) is 8.22. The van der Waals surface area contributed by atoms with Crippen LogP contribution in [0, 0.1) is 5.92 Å². The SMILES string of the molecule is COc1ccc2c3c1O[C@H]1[C@@H](OC(=O)C(O)CO)C=C[C@H]4[C@@H](C2)N(C)CC[C@@]341. The Kier molecular flexibility index (Phi) is 3.98. The van der Waals surface area contributed by atoms with E-state index in [1.54, 1.807) is 7.11 Å². The largest absolute Gasteiger partial charge is 0.493 e. The number of likely N-dealkylation sites (tertiary alicyclic amines) is 1. The third-order valence-corrected chi connectivity index (χ3v) is 7.03. The number of nitrogens with zero attached hydrogens (tertiary/aromatic N) is 1. The number of rotatable bonds is 4. The zero-order valence-electron chi connectivity index (χ0n) is 16.0. The molecule has 1 spiro atoms. The third-order valence-electron chi connectivity index (χ3n) is 7.03. The maximum Gasteiger partial charge on any atom is 0.338 e. The first-order valence-corrected chi connectivity index (χ1v) is 9.76. The molecule has 2 bridgehead atoms. The normalized spacial score (nSPS) is 35.7. The number of carbonyl (C=O) groups excluding carboxylic acids is 1. The molecule has 0 saturated carbocycles. The molecule has 6 atom stereocenters. The maximum atomic E-state index is 12.2. The number of hydrogen-bond donors (Lipinski definition) is 2. The van der Waals surface area contributed by atoms with E-state index < -0.39 is 24.8 Å². The zero-order chi connectivity index (χ0) is 19.6. The molecule has 1 fully saturated rings. The van der Waals surface area contributed by atoms with Crippen LogP contribution in [0.2, 0.25) is 0 Å². The van der Waals surface area contributed by atoms with Gasteiger partial charge in [-0.1, -0.05) is 12.1 Å². The van der Waals surface area contributed by atoms with Gasteiger partial charge in [-0.15, -0.1) is 0 Å². The second-order valence-electron chi connectivity index (χ2n) is 8.22. The molecule has 5 rings (SSSR count). The average molecular weight is 387 g/mol. The predicted octanol–water partition coefficient (Wildman–Crippen LogP) is 0.405. The van der Waals surface area contributed by atoms with Gasteiger partial charge in [-0.25, -0.2) is 4.79 Å². The lowest BCUT2D eigenvalue weighted by atomic mass is 9.53. The summed E-state index contributed by atoms with van der Waals surface area (Å²) in [6.45, 7) is 0.268. The van der Waals surface area contributed by atoms with E-state index >= 15 is 0 Å². The van der Waals surface area contributed by atoms with Gasteiger partial charge in [0.2, 0.25) is 0 Å². The zero-order valence-corrected chi connectivity index (χ0v) is 16.0. The van der Waals surface area contributed by atoms with Gasteiger partial charge in [0.05, 0.1) is 13.7 Å². The van der Waals surface area contributed by atoms with E-state index in [1.165, 1.54) is 11.1 Å². The van der Waals surface area contributed by atoms with Crippen molar-refractivity contribution >= 4 is 5.97 Å². The molecule has 0 radical (unpaired) electrons. The van der Waals surface area contributed by atoms with E-state index in [9.17, 15) is 9.90 Å². The molecule has 0 aromatic heterocycles. The fraction of sp³-hybridized carbons (Fsp3) is 0.571. The van der Waals surface area contributed by atoms with Crippen molar-refractivity contribution in [1.29, 1.82) is 0 Å². The molecule has 2 heterocycles. The van der Waals surface area contributed by atoms with Gasteiger partial charge in [-0.3, -0.25) is 0 Å². The lowest BCUT2D eigenvalue weighted by Gasteiger charge is -2.56. The highest BCUT2D eigenvalue weighted by Gasteiger charge is 2.65. The van der Waals surface area contributed by atoms with Gasteiger partial charge < -0.3 is 29.3 Å². The number of esters is 1. The van der Waals surface area contributed by atoms with Crippen LogP contribution < -0.4 is 9.47 Å². The van der Waals surface area contributed by atoms with E-state index in [2.05, 4.69) is 24.1 Å². The van der Waals surface area contributed by atoms with Crippen LogP contribution in [-0.4, -0.2) is 72.7 Å². The Morgan fingerprint density at radius 1 is 1.43 bits per heavy atom. The first-order chi connectivity index (χ1) is 13.5. The summed E-state index contributed by atoms with van der Waals surface area (Å²) in [6, 6.07) is 4.44. The Morgan fingerprint density at radius 3 is 3.00 bits per heavy atom. The molecule has 1 aromatic carbocycles. The molecule has 150 valence electrons. The summed E-state index contributed by atoms with van der Waals surface area (Å²) in [6.07, 6.45) is 3.32. The molecule has 1 unspecified atom stereocenters. The van der Waals surface area contributed by atoms with Crippen LogP contribution in [0.5, 0.6) is 11.5 Å². The van der Waals surface area contributed by atoms with Crippen LogP contribution in [0.15, 0.2) is 24.3 Å². The van der Waals surface area contributed by atoms with Crippen molar-refractivity contribution in [1.82, 2.24) is 4.90 Å². The second kappa shape index (κ2) is 6.20. The van der Waals surface area contributed by atoms with Crippen molar-refractivity contribution in [3.63, 3.8) is 0 Å². The number of carbonyl (C=O) groups is 1. The standard InChI is InChI=1S/C21H25NO6/c1-22-8-7-21-12-4-6-16(27-20(25)14(24)10-23)19(21)28-18-15(26-2)5-3-11(17(18)21)9-13(12)22/h3-6,12-14,16,19,23-24H,7-10H2,1-2H3/t12-,13+,14?,16-,19-,21-/m0/s1. The van der Waals surface area contributed by atoms with Gasteiger partial charge in [0.15, 0.2) is 23.7 Å². The molecule has 7 heteroatoms. The molecule has 1 saturated heterocycles. The Bertz CT molecular complexity index is 854. The number of aliphatic hydroxyl groups is 2. The van der Waals surface area contributed by atoms with E-state index in [0.717, 1.165) is 25.1 Å². The fourth-order valence-electron chi connectivity index (χ4n) is 5.76. The van der Waals surface area contributed by atoms with E-state index in [4.69, 9.17) is 19.3 Å². The monoisotopic (exact) mass is 387 g/mol. The highest BCUT2D eigenvalue weighted by molar-refractivity contribution is 5.75. The molecule has 28 heavy (non-hydrogen) atoms. The predicted molar refractivity (Wildman–Crippen MR) is 99.4 cm³/mol. The number of benzene rings is 1. The summed E-state index contributed by atoms with van der Waals surface area (Å²) in [5.41, 5.74) is 2.18. The van der Waals surface area contributed by atoms with Crippen molar-refractivity contribution in [3.8, 4) is 11.5 Å². The van der Waals surface area contributed by atoms with Crippen LogP contribution in [-0.2, 0) is 21.4 Å². The van der Waals surface area contributed by atoms with Crippen LogP contribution in [0.1, 0.15) is 17.5 Å². The summed E-state index contributed by atoms with van der Waals surface area (Å²) < 4.78 is 17.6. The van der Waals surface area contributed by atoms with Crippen LogP contribution in [0.3, 0.4) is 0 Å². The number of hydrogen-bond acceptors (Lipinski definition) is 7. The Morgan fingerprint density at radius 2 is 2.25 bits per heavy atom. The number of piperidine rings is 1. The van der Waals surface area contributed by atoms with Crippen molar-refractivity contribution in [2.75, 3.05) is 27.3 Å². The summed E-state index contributed by atoms with van der Waals surface area (Å²) >= 11 is 0. The van der Waals surface area contributed by atoms with Gasteiger partial charge in [0.25, 0.3) is 0 Å². The molecule has 7 nitrogen and oxygen atoms in total. The molecule has 2 N–H and O–H groups in total. The summed E-state index contributed by atoms with van der Waals surface area (Å²) in [5.74, 6) is 0.874. The Hall–Kier alpha value is -2.09. The van der Waals surface area contributed by atoms with E-state index in [-0.39, 0.29) is 17.4 Å². The van der Waals surface area contributed by atoms with E-state index in [0.29, 0.717) is 11.8 Å². The molecule has 2 aliphatic heterocycles. The lowest BCUT2D eigenvalue weighted by molar-refractivity contribution is -0.166. The Labute approximate surface area is 163 Å². The van der Waals surface area contributed by atoms with Gasteiger partial charge in [-0.2, -0.15) is 0 Å². The van der Waals surface area contributed by atoms with Crippen LogP contribution in [0.4, 0.5) is 0 Å². The summed E-state index contributed by atoms with van der Waals surface area (Å²) in [5, 5.41) is 18.7. The van der Waals surface area contributed by atoms with Crippen LogP contribution in [0.25, 0.3) is 0 Å². The number of likely N-dealkylation sites (N-methyl/N-ethyl adjacent to an activating group) is 1. The first kappa shape index (κ1) is 18.0. The molecule has 4 aliphatic rings. The van der Waals surface area contributed by atoms with Crippen molar-refractivity contribution in [2.45, 2.75) is 42.6 Å². The van der Waals surface area contributed by atoms with Crippen molar-refractivity contribution in [2.24, 2.45) is 5.92 Å². The third kappa shape index (κ3) is 2.18. The van der Waals surface area contributed by atoms with Crippen LogP contribution >= 0.6 is 0 Å². The van der Waals surface area contributed by atoms with E-state index in [1.807, 2.05) is 12.1 Å². The number of ether oxygens (including phenoxy) is 3. The number of aliphatic hydroxyl groups excluding tert-OH is 2. The van der Waals surface area contributed by atoms with Gasteiger partial charge >= 0.3 is 5.97 Å². The smallest absolute Gasteiger partial charge is 0.338 e. The molecule has 0 amide bonds. The minimum atomic E-state index is -1.55. The molecular weight excluding hydrogens is 362 g/mol.